The fraction of sp³-hybridized carbons (Fsp3) is 0.0769. The number of nitrogens with zero attached hydrogens (tertiary/aromatic N) is 4. The second kappa shape index (κ2) is 11.7. The van der Waals surface area contributed by atoms with Crippen molar-refractivity contribution >= 4 is 68.9 Å². The van der Waals surface area contributed by atoms with Gasteiger partial charge in [-0.05, 0) is 48.0 Å². The summed E-state index contributed by atoms with van der Waals surface area (Å²) in [5.41, 5.74) is 2.74. The van der Waals surface area contributed by atoms with Gasteiger partial charge in [0, 0.05) is 43.8 Å². The van der Waals surface area contributed by atoms with E-state index in [1.54, 1.807) is 12.3 Å². The highest BCUT2D eigenvalue weighted by atomic mass is 35.5. The van der Waals surface area contributed by atoms with Crippen molar-refractivity contribution < 1.29 is 4.79 Å². The summed E-state index contributed by atoms with van der Waals surface area (Å²) >= 11 is 21.0. The van der Waals surface area contributed by atoms with Gasteiger partial charge < -0.3 is 5.32 Å². The number of thioether (sulfide) groups is 1. The second-order valence-electron chi connectivity index (χ2n) is 7.91. The van der Waals surface area contributed by atoms with E-state index in [9.17, 15) is 4.79 Å². The summed E-state index contributed by atoms with van der Waals surface area (Å²) in [5, 5.41) is 14.5. The van der Waals surface area contributed by atoms with E-state index in [1.165, 1.54) is 23.1 Å². The predicted molar refractivity (Wildman–Crippen MR) is 153 cm³/mol. The Morgan fingerprint density at radius 2 is 1.65 bits per heavy atom. The molecule has 0 atom stereocenters. The summed E-state index contributed by atoms with van der Waals surface area (Å²) in [7, 11) is 0. The van der Waals surface area contributed by atoms with Crippen molar-refractivity contribution in [3.8, 4) is 17.1 Å². The third-order valence-corrected chi connectivity index (χ3v) is 7.71. The first-order valence-corrected chi connectivity index (χ1v) is 14.0. The van der Waals surface area contributed by atoms with Gasteiger partial charge in [-0.2, -0.15) is 0 Å². The molecular weight excluding hydrogens is 569 g/mol. The van der Waals surface area contributed by atoms with Crippen LogP contribution in [0.5, 0.6) is 0 Å². The Morgan fingerprint density at radius 3 is 2.38 bits per heavy atom. The zero-order valence-corrected chi connectivity index (χ0v) is 23.0. The third kappa shape index (κ3) is 6.52. The summed E-state index contributed by atoms with van der Waals surface area (Å²) in [6.07, 6.45) is 2.36. The number of aromatic nitrogens is 4. The molecule has 0 fully saturated rings. The Kier molecular flexibility index (Phi) is 8.12. The van der Waals surface area contributed by atoms with E-state index in [1.807, 2.05) is 71.3 Å². The summed E-state index contributed by atoms with van der Waals surface area (Å²) < 4.78 is 1.92. The fourth-order valence-corrected chi connectivity index (χ4v) is 5.92. The zero-order valence-electron chi connectivity index (χ0n) is 19.1. The summed E-state index contributed by atoms with van der Waals surface area (Å²) in [6.45, 7) is 0. The van der Waals surface area contributed by atoms with Crippen LogP contribution in [0.15, 0.2) is 84.1 Å². The van der Waals surface area contributed by atoms with Gasteiger partial charge in [-0.25, -0.2) is 4.98 Å². The molecule has 2 aromatic heterocycles. The Bertz CT molecular complexity index is 1520. The lowest BCUT2D eigenvalue weighted by Crippen LogP contribution is -2.14. The lowest BCUT2D eigenvalue weighted by Gasteiger charge is -2.10. The minimum atomic E-state index is -0.191. The molecule has 1 amide bonds. The first-order chi connectivity index (χ1) is 17.9. The highest BCUT2D eigenvalue weighted by molar-refractivity contribution is 7.99. The van der Waals surface area contributed by atoms with Gasteiger partial charge in [-0.15, -0.1) is 21.5 Å². The number of hydrogen-bond donors (Lipinski definition) is 1. The van der Waals surface area contributed by atoms with E-state index in [0.717, 1.165) is 21.7 Å². The van der Waals surface area contributed by atoms with Gasteiger partial charge in [0.25, 0.3) is 0 Å². The highest BCUT2D eigenvalue weighted by Gasteiger charge is 2.18. The molecule has 5 rings (SSSR count). The highest BCUT2D eigenvalue weighted by Crippen LogP contribution is 2.29. The van der Waals surface area contributed by atoms with Crippen molar-refractivity contribution in [2.75, 3.05) is 11.1 Å². The molecule has 0 spiro atoms. The van der Waals surface area contributed by atoms with Gasteiger partial charge in [0.2, 0.25) is 5.91 Å². The molecule has 0 radical (unpaired) electrons. The first kappa shape index (κ1) is 25.8. The molecule has 6 nitrogen and oxygen atoms in total. The number of anilines is 1. The smallest absolute Gasteiger partial charge is 0.236 e. The van der Waals surface area contributed by atoms with Gasteiger partial charge in [0.15, 0.2) is 16.1 Å². The molecule has 3 aromatic carbocycles. The van der Waals surface area contributed by atoms with Crippen LogP contribution in [0.4, 0.5) is 5.13 Å². The molecule has 0 unspecified atom stereocenters. The van der Waals surface area contributed by atoms with Crippen molar-refractivity contribution in [2.45, 2.75) is 11.6 Å². The molecule has 186 valence electrons. The largest absolute Gasteiger partial charge is 0.301 e. The van der Waals surface area contributed by atoms with Crippen molar-refractivity contribution in [1.82, 2.24) is 19.7 Å². The van der Waals surface area contributed by atoms with Crippen LogP contribution in [0.1, 0.15) is 10.4 Å². The molecule has 0 aliphatic rings. The molecule has 37 heavy (non-hydrogen) atoms. The molecular formula is C26H18Cl3N5OS2. The third-order valence-electron chi connectivity index (χ3n) is 5.18. The number of carbonyl (C=O) groups is 1. The van der Waals surface area contributed by atoms with Gasteiger partial charge in [-0.1, -0.05) is 76.9 Å². The van der Waals surface area contributed by atoms with E-state index in [2.05, 4.69) is 20.5 Å². The standard InChI is InChI=1S/C26H18Cl3N5OS2/c27-18-6-8-21(9-7-18)34-24(17-4-2-1-3-5-17)32-33-26(34)36-15-23(35)31-25-30-14-22(37-25)12-16-10-19(28)13-20(29)11-16/h1-11,13-14H,12,15H2,(H,30,31,35). The zero-order chi connectivity index (χ0) is 25.8. The lowest BCUT2D eigenvalue weighted by atomic mass is 10.1. The first-order valence-electron chi connectivity index (χ1n) is 11.0. The number of benzene rings is 3. The number of halogens is 3. The van der Waals surface area contributed by atoms with Gasteiger partial charge >= 0.3 is 0 Å². The van der Waals surface area contributed by atoms with Crippen molar-refractivity contribution in [2.24, 2.45) is 0 Å². The van der Waals surface area contributed by atoms with Crippen LogP contribution in [0.3, 0.4) is 0 Å². The van der Waals surface area contributed by atoms with E-state index in [-0.39, 0.29) is 11.7 Å². The lowest BCUT2D eigenvalue weighted by molar-refractivity contribution is -0.113. The molecule has 0 aliphatic carbocycles. The topological polar surface area (TPSA) is 72.7 Å². The van der Waals surface area contributed by atoms with Crippen molar-refractivity contribution in [3.05, 3.63) is 105 Å². The average Bonchev–Trinajstić information content (AvgIpc) is 3.50. The Labute approximate surface area is 236 Å². The number of carbonyl (C=O) groups excluding carboxylic acids is 1. The van der Waals surface area contributed by atoms with Gasteiger partial charge in [-0.3, -0.25) is 9.36 Å². The molecule has 1 N–H and O–H groups in total. The van der Waals surface area contributed by atoms with E-state index in [4.69, 9.17) is 34.8 Å². The molecule has 5 aromatic rings. The van der Waals surface area contributed by atoms with Crippen molar-refractivity contribution in [3.63, 3.8) is 0 Å². The number of rotatable bonds is 8. The molecule has 2 heterocycles. The van der Waals surface area contributed by atoms with Crippen LogP contribution in [0.2, 0.25) is 15.1 Å². The number of thiazole rings is 1. The normalized spacial score (nSPS) is 11.0. The maximum absolute atomic E-state index is 12.7. The van der Waals surface area contributed by atoms with Crippen LogP contribution in [-0.2, 0) is 11.2 Å². The minimum absolute atomic E-state index is 0.138. The number of hydrogen-bond acceptors (Lipinski definition) is 6. The maximum atomic E-state index is 12.7. The molecule has 0 bridgehead atoms. The quantitative estimate of drug-likeness (QED) is 0.189. The molecule has 0 saturated heterocycles. The van der Waals surface area contributed by atoms with E-state index in [0.29, 0.717) is 37.6 Å². The maximum Gasteiger partial charge on any atom is 0.236 e. The molecule has 0 saturated carbocycles. The Morgan fingerprint density at radius 1 is 0.919 bits per heavy atom. The summed E-state index contributed by atoms with van der Waals surface area (Å²) in [4.78, 5) is 18.1. The van der Waals surface area contributed by atoms with Crippen molar-refractivity contribution in [1.29, 1.82) is 0 Å². The predicted octanol–water partition coefficient (Wildman–Crippen LogP) is 7.67. The van der Waals surface area contributed by atoms with Crippen LogP contribution >= 0.6 is 57.9 Å². The SMILES string of the molecule is O=C(CSc1nnc(-c2ccccc2)n1-c1ccc(Cl)cc1)Nc1ncc(Cc2cc(Cl)cc(Cl)c2)s1. The van der Waals surface area contributed by atoms with Crippen LogP contribution in [-0.4, -0.2) is 31.4 Å². The van der Waals surface area contributed by atoms with Gasteiger partial charge in [0.1, 0.15) is 0 Å². The fourth-order valence-electron chi connectivity index (χ4n) is 3.61. The molecule has 11 heteroatoms. The summed E-state index contributed by atoms with van der Waals surface area (Å²) in [5.74, 6) is 0.624. The van der Waals surface area contributed by atoms with Crippen LogP contribution < -0.4 is 5.32 Å². The number of nitrogens with one attached hydrogen (secondary N) is 1. The van der Waals surface area contributed by atoms with Crippen LogP contribution in [0.25, 0.3) is 17.1 Å². The van der Waals surface area contributed by atoms with E-state index < -0.39 is 0 Å². The summed E-state index contributed by atoms with van der Waals surface area (Å²) in [6, 6.07) is 22.6. The second-order valence-corrected chi connectivity index (χ2v) is 11.3. The van der Waals surface area contributed by atoms with Crippen LogP contribution in [0, 0.1) is 0 Å². The Hall–Kier alpha value is -2.88. The monoisotopic (exact) mass is 585 g/mol. The van der Waals surface area contributed by atoms with E-state index >= 15 is 0 Å². The average molecular weight is 587 g/mol. The van der Waals surface area contributed by atoms with Gasteiger partial charge in [0.05, 0.1) is 5.75 Å². The Balaban J connectivity index is 1.28. The number of amides is 1. The minimum Gasteiger partial charge on any atom is -0.301 e. The molecule has 0 aliphatic heterocycles.